The van der Waals surface area contributed by atoms with Crippen LogP contribution < -0.4 is 5.32 Å². The number of imide groups is 1. The van der Waals surface area contributed by atoms with Crippen LogP contribution in [-0.4, -0.2) is 56.5 Å². The first-order chi connectivity index (χ1) is 13.8. The predicted octanol–water partition coefficient (Wildman–Crippen LogP) is 1.25. The molecule has 1 aromatic heterocycles. The fourth-order valence-corrected chi connectivity index (χ4v) is 3.20. The largest absolute Gasteiger partial charge is 0.463 e. The summed E-state index contributed by atoms with van der Waals surface area (Å²) < 4.78 is 8.21. The Morgan fingerprint density at radius 1 is 1.28 bits per heavy atom. The maximum atomic E-state index is 12.4. The van der Waals surface area contributed by atoms with E-state index in [2.05, 4.69) is 19.4 Å². The number of ether oxygens (including phenoxy) is 1. The van der Waals surface area contributed by atoms with Crippen molar-refractivity contribution in [3.8, 4) is 0 Å². The Balaban J connectivity index is 1.55. The minimum Gasteiger partial charge on any atom is -0.463 e. The van der Waals surface area contributed by atoms with E-state index in [1.165, 1.54) is 13.2 Å². The van der Waals surface area contributed by atoms with E-state index in [4.69, 9.17) is 0 Å². The molecule has 0 saturated heterocycles. The van der Waals surface area contributed by atoms with Crippen LogP contribution in [0.5, 0.6) is 0 Å². The molecule has 0 saturated carbocycles. The van der Waals surface area contributed by atoms with Gasteiger partial charge in [-0.15, -0.1) is 0 Å². The summed E-state index contributed by atoms with van der Waals surface area (Å²) in [4.78, 5) is 62.9. The third-order valence-corrected chi connectivity index (χ3v) is 4.62. The first-order valence-electron chi connectivity index (χ1n) is 8.18. The quantitative estimate of drug-likeness (QED) is 0.301. The van der Waals surface area contributed by atoms with Crippen LogP contribution in [0, 0.1) is 10.1 Å². The molecule has 1 N–H and O–H groups in total. The van der Waals surface area contributed by atoms with E-state index in [0.717, 1.165) is 28.6 Å². The topological polar surface area (TPSA) is 162 Å². The normalized spacial score (nSPS) is 12.7. The Morgan fingerprint density at radius 3 is 2.69 bits per heavy atom. The Morgan fingerprint density at radius 2 is 2.00 bits per heavy atom. The number of hydrogen-bond acceptors (Lipinski definition) is 10. The van der Waals surface area contributed by atoms with Crippen LogP contribution in [0.2, 0.25) is 0 Å². The highest BCUT2D eigenvalue weighted by Gasteiger charge is 2.36. The molecule has 12 nitrogen and oxygen atoms in total. The summed E-state index contributed by atoms with van der Waals surface area (Å²) >= 11 is 0.809. The van der Waals surface area contributed by atoms with Crippen molar-refractivity contribution < 1.29 is 28.8 Å². The highest BCUT2D eigenvalue weighted by molar-refractivity contribution is 7.10. The zero-order valence-corrected chi connectivity index (χ0v) is 15.7. The Hall–Kier alpha value is -3.74. The van der Waals surface area contributed by atoms with Crippen molar-refractivity contribution >= 4 is 46.0 Å². The summed E-state index contributed by atoms with van der Waals surface area (Å²) in [6.07, 6.45) is 0.142. The third kappa shape index (κ3) is 4.08. The molecule has 0 radical (unpaired) electrons. The summed E-state index contributed by atoms with van der Waals surface area (Å²) in [7, 11) is 1.18. The fourth-order valence-electron chi connectivity index (χ4n) is 2.62. The third-order valence-electron chi connectivity index (χ3n) is 3.99. The summed E-state index contributed by atoms with van der Waals surface area (Å²) in [5.74, 6) is -2.54. The van der Waals surface area contributed by atoms with Crippen molar-refractivity contribution in [2.75, 3.05) is 19.0 Å². The van der Waals surface area contributed by atoms with Crippen LogP contribution in [0.4, 0.5) is 10.8 Å². The van der Waals surface area contributed by atoms with Gasteiger partial charge in [0.1, 0.15) is 0 Å². The van der Waals surface area contributed by atoms with E-state index >= 15 is 0 Å². The molecule has 3 rings (SSSR count). The fraction of sp³-hybridized carbons (Fsp3) is 0.250. The summed E-state index contributed by atoms with van der Waals surface area (Å²) in [6, 6.07) is 3.47. The lowest BCUT2D eigenvalue weighted by Crippen LogP contribution is -2.31. The van der Waals surface area contributed by atoms with Gasteiger partial charge in [0, 0.05) is 36.6 Å². The number of amides is 3. The summed E-state index contributed by atoms with van der Waals surface area (Å²) in [5, 5.41) is 13.4. The second-order valence-corrected chi connectivity index (χ2v) is 6.57. The van der Waals surface area contributed by atoms with Crippen LogP contribution >= 0.6 is 11.5 Å². The van der Waals surface area contributed by atoms with Gasteiger partial charge < -0.3 is 10.1 Å². The van der Waals surface area contributed by atoms with E-state index in [1.807, 2.05) is 0 Å². The van der Waals surface area contributed by atoms with Crippen molar-refractivity contribution in [3.05, 3.63) is 45.3 Å². The van der Waals surface area contributed by atoms with Crippen molar-refractivity contribution in [1.29, 1.82) is 0 Å². The van der Waals surface area contributed by atoms with Crippen molar-refractivity contribution in [2.45, 2.75) is 12.8 Å². The number of hydrogen-bond donors (Lipinski definition) is 1. The maximum Gasteiger partial charge on any atom is 0.377 e. The van der Waals surface area contributed by atoms with Crippen LogP contribution in [0.3, 0.4) is 0 Å². The number of rotatable bonds is 7. The van der Waals surface area contributed by atoms with Gasteiger partial charge in [0.25, 0.3) is 23.3 Å². The van der Waals surface area contributed by atoms with Gasteiger partial charge in [0.05, 0.1) is 23.2 Å². The van der Waals surface area contributed by atoms with Gasteiger partial charge in [-0.2, -0.15) is 9.36 Å². The SMILES string of the molecule is COC(=O)c1nsc(NC(=O)CCCN2C(=O)c3ccc([N+](=O)[O-])cc3C2=O)n1. The lowest BCUT2D eigenvalue weighted by atomic mass is 10.1. The molecule has 0 spiro atoms. The van der Waals surface area contributed by atoms with Crippen molar-refractivity contribution in [2.24, 2.45) is 0 Å². The molecular formula is C16H13N5O7S. The number of carbonyl (C=O) groups is 4. The second kappa shape index (κ2) is 8.10. The lowest BCUT2D eigenvalue weighted by molar-refractivity contribution is -0.384. The minimum atomic E-state index is -0.729. The van der Waals surface area contributed by atoms with E-state index in [-0.39, 0.29) is 47.2 Å². The highest BCUT2D eigenvalue weighted by atomic mass is 32.1. The second-order valence-electron chi connectivity index (χ2n) is 5.82. The Bertz CT molecular complexity index is 1030. The number of fused-ring (bicyclic) bond motifs is 1. The van der Waals surface area contributed by atoms with Gasteiger partial charge in [-0.3, -0.25) is 29.4 Å². The number of non-ortho nitro benzene ring substituents is 1. The smallest absolute Gasteiger partial charge is 0.377 e. The number of anilines is 1. The minimum absolute atomic E-state index is 0.0271. The molecule has 13 heteroatoms. The van der Waals surface area contributed by atoms with Gasteiger partial charge >= 0.3 is 5.97 Å². The average Bonchev–Trinajstić information content (AvgIpc) is 3.25. The molecule has 0 bridgehead atoms. The highest BCUT2D eigenvalue weighted by Crippen LogP contribution is 2.27. The van der Waals surface area contributed by atoms with E-state index in [1.54, 1.807) is 0 Å². The van der Waals surface area contributed by atoms with E-state index < -0.39 is 28.6 Å². The van der Waals surface area contributed by atoms with E-state index in [9.17, 15) is 29.3 Å². The number of carbonyl (C=O) groups excluding carboxylic acids is 4. The van der Waals surface area contributed by atoms with Crippen LogP contribution in [0.25, 0.3) is 0 Å². The number of benzene rings is 1. The molecule has 1 aromatic carbocycles. The Labute approximate surface area is 166 Å². The zero-order chi connectivity index (χ0) is 21.1. The number of nitro groups is 1. The number of nitro benzene ring substituents is 1. The monoisotopic (exact) mass is 419 g/mol. The predicted molar refractivity (Wildman–Crippen MR) is 97.6 cm³/mol. The molecule has 0 atom stereocenters. The maximum absolute atomic E-state index is 12.4. The Kier molecular flexibility index (Phi) is 5.59. The molecule has 1 aliphatic heterocycles. The van der Waals surface area contributed by atoms with E-state index in [0.29, 0.717) is 0 Å². The number of aromatic nitrogens is 2. The molecule has 1 aliphatic rings. The van der Waals surface area contributed by atoms with Gasteiger partial charge in [0.2, 0.25) is 11.0 Å². The first-order valence-corrected chi connectivity index (χ1v) is 8.95. The number of nitrogens with zero attached hydrogens (tertiary/aromatic N) is 4. The standard InChI is InChI=1S/C16H13N5O7S/c1-28-15(25)12-18-16(29-19-12)17-11(22)3-2-6-20-13(23)9-5-4-8(21(26)27)7-10(9)14(20)24/h4-5,7H,2-3,6H2,1H3,(H,17,18,19,22). The van der Waals surface area contributed by atoms with Crippen LogP contribution in [0.1, 0.15) is 44.2 Å². The summed E-state index contributed by atoms with van der Waals surface area (Å²) in [5.41, 5.74) is -0.221. The van der Waals surface area contributed by atoms with Crippen LogP contribution in [-0.2, 0) is 9.53 Å². The molecule has 2 heterocycles. The number of methoxy groups -OCH3 is 1. The molecule has 3 amide bonds. The van der Waals surface area contributed by atoms with Gasteiger partial charge in [-0.1, -0.05) is 0 Å². The van der Waals surface area contributed by atoms with Gasteiger partial charge in [-0.25, -0.2) is 4.79 Å². The number of nitrogens with one attached hydrogen (secondary N) is 1. The van der Waals surface area contributed by atoms with Gasteiger partial charge in [-0.05, 0) is 12.5 Å². The zero-order valence-electron chi connectivity index (χ0n) is 14.9. The number of esters is 1. The molecule has 150 valence electrons. The van der Waals surface area contributed by atoms with Gasteiger partial charge in [0.15, 0.2) is 0 Å². The molecule has 2 aromatic rings. The molecule has 0 aliphatic carbocycles. The molecule has 29 heavy (non-hydrogen) atoms. The van der Waals surface area contributed by atoms with Crippen molar-refractivity contribution in [3.63, 3.8) is 0 Å². The first kappa shape index (κ1) is 20.0. The van der Waals surface area contributed by atoms with Crippen molar-refractivity contribution in [1.82, 2.24) is 14.3 Å². The summed E-state index contributed by atoms with van der Waals surface area (Å²) in [6.45, 7) is -0.0307. The lowest BCUT2D eigenvalue weighted by Gasteiger charge is -2.13. The van der Waals surface area contributed by atoms with Crippen LogP contribution in [0.15, 0.2) is 18.2 Å². The average molecular weight is 419 g/mol. The molecule has 0 unspecified atom stereocenters. The molecule has 0 fully saturated rings. The molecular weight excluding hydrogens is 406 g/mol.